The smallest absolute Gasteiger partial charge is 0.153 e. The average Bonchev–Trinajstić information content (AvgIpc) is 2.55. The molecule has 0 bridgehead atoms. The number of aromatic nitrogens is 2. The van der Waals surface area contributed by atoms with Crippen LogP contribution in [0.4, 0.5) is 0 Å². The molecule has 1 aromatic heterocycles. The van der Waals surface area contributed by atoms with Crippen molar-refractivity contribution >= 4 is 10.9 Å². The summed E-state index contributed by atoms with van der Waals surface area (Å²) in [7, 11) is 0. The molecule has 0 saturated heterocycles. The Hall–Kier alpha value is -1.31. The number of hydrogen-bond acceptors (Lipinski definition) is 0. The Balaban J connectivity index is 2.60. The van der Waals surface area contributed by atoms with Crippen LogP contribution in [0, 0.1) is 0 Å². The normalized spacial score (nSPS) is 11.0. The van der Waals surface area contributed by atoms with Crippen LogP contribution in [0.1, 0.15) is 20.3 Å². The fourth-order valence-electron chi connectivity index (χ4n) is 1.97. The van der Waals surface area contributed by atoms with E-state index < -0.39 is 0 Å². The van der Waals surface area contributed by atoms with E-state index in [1.54, 1.807) is 0 Å². The van der Waals surface area contributed by atoms with E-state index in [4.69, 9.17) is 0 Å². The zero-order chi connectivity index (χ0) is 9.97. The van der Waals surface area contributed by atoms with Crippen molar-refractivity contribution in [2.24, 2.45) is 0 Å². The van der Waals surface area contributed by atoms with Gasteiger partial charge in [0.1, 0.15) is 5.52 Å². The van der Waals surface area contributed by atoms with Gasteiger partial charge in [-0.3, -0.25) is 0 Å². The van der Waals surface area contributed by atoms with Crippen LogP contribution in [0.25, 0.3) is 10.9 Å². The van der Waals surface area contributed by atoms with Crippen LogP contribution in [0.3, 0.4) is 0 Å². The molecule has 2 nitrogen and oxygen atoms in total. The number of aryl methyl sites for hydroxylation is 2. The van der Waals surface area contributed by atoms with Crippen LogP contribution < -0.4 is 4.68 Å². The Morgan fingerprint density at radius 2 is 2.00 bits per heavy atom. The Morgan fingerprint density at radius 3 is 2.71 bits per heavy atom. The molecule has 74 valence electrons. The highest BCUT2D eigenvalue weighted by Crippen LogP contribution is 2.11. The van der Waals surface area contributed by atoms with Gasteiger partial charge in [-0.05, 0) is 19.1 Å². The first-order chi connectivity index (χ1) is 6.86. The summed E-state index contributed by atoms with van der Waals surface area (Å²) in [5.74, 6) is 0. The summed E-state index contributed by atoms with van der Waals surface area (Å²) in [6, 6.07) is 8.56. The first-order valence-corrected chi connectivity index (χ1v) is 5.34. The molecule has 0 unspecified atom stereocenters. The number of fused-ring (bicyclic) bond motifs is 1. The molecular weight excluding hydrogens is 172 g/mol. The van der Waals surface area contributed by atoms with E-state index in [1.807, 2.05) is 0 Å². The lowest BCUT2D eigenvalue weighted by Crippen LogP contribution is -2.42. The van der Waals surface area contributed by atoms with Gasteiger partial charge in [-0.25, -0.2) is 0 Å². The lowest BCUT2D eigenvalue weighted by atomic mass is 10.3. The second-order valence-electron chi connectivity index (χ2n) is 3.57. The first-order valence-electron chi connectivity index (χ1n) is 5.34. The third kappa shape index (κ3) is 1.41. The molecule has 2 rings (SSSR count). The number of para-hydroxylation sites is 1. The Bertz CT molecular complexity index is 429. The van der Waals surface area contributed by atoms with Crippen molar-refractivity contribution in [1.82, 2.24) is 4.68 Å². The number of nitrogens with zero attached hydrogens (tertiary/aromatic N) is 2. The van der Waals surface area contributed by atoms with E-state index >= 15 is 0 Å². The molecule has 14 heavy (non-hydrogen) atoms. The number of rotatable bonds is 3. The molecule has 0 aliphatic rings. The van der Waals surface area contributed by atoms with Gasteiger partial charge in [0.15, 0.2) is 6.54 Å². The maximum Gasteiger partial charge on any atom is 0.203 e. The lowest BCUT2D eigenvalue weighted by molar-refractivity contribution is -0.772. The van der Waals surface area contributed by atoms with E-state index in [-0.39, 0.29) is 0 Å². The Kier molecular flexibility index (Phi) is 2.53. The molecular formula is C12H17N2+. The summed E-state index contributed by atoms with van der Waals surface area (Å²) in [6.07, 6.45) is 3.42. The van der Waals surface area contributed by atoms with Crippen molar-refractivity contribution in [3.63, 3.8) is 0 Å². The number of benzene rings is 1. The summed E-state index contributed by atoms with van der Waals surface area (Å²) in [5.41, 5.74) is 1.34. The second-order valence-corrected chi connectivity index (χ2v) is 3.57. The summed E-state index contributed by atoms with van der Waals surface area (Å²) in [5, 5.41) is 1.34. The molecule has 1 aromatic carbocycles. The standard InChI is InChI=1S/C12H17N2/c1-3-9-13-10-11-7-5-6-8-12(11)14(13)4-2/h5-8,10H,3-4,9H2,1-2H3/q+1. The van der Waals surface area contributed by atoms with Crippen molar-refractivity contribution in [1.29, 1.82) is 0 Å². The third-order valence-electron chi connectivity index (χ3n) is 2.57. The van der Waals surface area contributed by atoms with Crippen LogP contribution >= 0.6 is 0 Å². The van der Waals surface area contributed by atoms with Gasteiger partial charge >= 0.3 is 0 Å². The monoisotopic (exact) mass is 189 g/mol. The molecule has 0 spiro atoms. The molecule has 2 aromatic rings. The second kappa shape index (κ2) is 3.82. The maximum absolute atomic E-state index is 2.33. The maximum atomic E-state index is 2.33. The van der Waals surface area contributed by atoms with E-state index in [2.05, 4.69) is 53.7 Å². The van der Waals surface area contributed by atoms with Crippen molar-refractivity contribution in [3.05, 3.63) is 30.5 Å². The fourth-order valence-corrected chi connectivity index (χ4v) is 1.97. The van der Waals surface area contributed by atoms with Crippen LogP contribution in [0.5, 0.6) is 0 Å². The molecule has 2 heteroatoms. The van der Waals surface area contributed by atoms with E-state index in [0.717, 1.165) is 13.1 Å². The summed E-state index contributed by atoms with van der Waals surface area (Å²) < 4.78 is 4.64. The highest BCUT2D eigenvalue weighted by molar-refractivity contribution is 5.77. The molecule has 0 aliphatic heterocycles. The Labute approximate surface area is 84.8 Å². The van der Waals surface area contributed by atoms with Crippen LogP contribution in [-0.2, 0) is 13.1 Å². The van der Waals surface area contributed by atoms with Gasteiger partial charge in [-0.1, -0.05) is 19.1 Å². The SMILES string of the molecule is CCC[n+]1cc2ccccc2n1CC. The van der Waals surface area contributed by atoms with Gasteiger partial charge in [-0.15, -0.1) is 4.68 Å². The van der Waals surface area contributed by atoms with Crippen LogP contribution in [0.15, 0.2) is 30.5 Å². The summed E-state index contributed by atoms with van der Waals surface area (Å²) in [4.78, 5) is 0. The van der Waals surface area contributed by atoms with Crippen molar-refractivity contribution in [3.8, 4) is 0 Å². The topological polar surface area (TPSA) is 8.81 Å². The van der Waals surface area contributed by atoms with Gasteiger partial charge in [-0.2, -0.15) is 4.68 Å². The largest absolute Gasteiger partial charge is 0.203 e. The molecule has 0 atom stereocenters. The van der Waals surface area contributed by atoms with Gasteiger partial charge < -0.3 is 0 Å². The van der Waals surface area contributed by atoms with Crippen molar-refractivity contribution in [2.45, 2.75) is 33.4 Å². The Morgan fingerprint density at radius 1 is 1.21 bits per heavy atom. The van der Waals surface area contributed by atoms with Gasteiger partial charge in [0, 0.05) is 6.42 Å². The molecule has 0 fully saturated rings. The van der Waals surface area contributed by atoms with E-state index in [0.29, 0.717) is 0 Å². The highest BCUT2D eigenvalue weighted by atomic mass is 15.4. The summed E-state index contributed by atoms with van der Waals surface area (Å²) >= 11 is 0. The minimum absolute atomic E-state index is 1.04. The molecule has 1 heterocycles. The predicted octanol–water partition coefficient (Wildman–Crippen LogP) is 2.36. The first kappa shape index (κ1) is 9.25. The lowest BCUT2D eigenvalue weighted by Gasteiger charge is -1.98. The minimum Gasteiger partial charge on any atom is -0.153 e. The highest BCUT2D eigenvalue weighted by Gasteiger charge is 2.11. The fraction of sp³-hybridized carbons (Fsp3) is 0.417. The van der Waals surface area contributed by atoms with Gasteiger partial charge in [0.25, 0.3) is 0 Å². The van der Waals surface area contributed by atoms with Crippen LogP contribution in [-0.4, -0.2) is 4.68 Å². The zero-order valence-corrected chi connectivity index (χ0v) is 8.90. The summed E-state index contributed by atoms with van der Waals surface area (Å²) in [6.45, 7) is 6.54. The van der Waals surface area contributed by atoms with Crippen molar-refractivity contribution < 1.29 is 4.68 Å². The third-order valence-corrected chi connectivity index (χ3v) is 2.57. The van der Waals surface area contributed by atoms with E-state index in [1.165, 1.54) is 17.3 Å². The minimum atomic E-state index is 1.04. The predicted molar refractivity (Wildman–Crippen MR) is 58.1 cm³/mol. The average molecular weight is 189 g/mol. The molecule has 0 radical (unpaired) electrons. The van der Waals surface area contributed by atoms with Gasteiger partial charge in [0.05, 0.1) is 11.9 Å². The zero-order valence-electron chi connectivity index (χ0n) is 8.90. The molecule has 0 aliphatic carbocycles. The molecule has 0 saturated carbocycles. The molecule has 0 amide bonds. The van der Waals surface area contributed by atoms with Crippen LogP contribution in [0.2, 0.25) is 0 Å². The quantitative estimate of drug-likeness (QED) is 0.655. The number of hydrogen-bond donors (Lipinski definition) is 0. The van der Waals surface area contributed by atoms with E-state index in [9.17, 15) is 0 Å². The molecule has 0 N–H and O–H groups in total. The van der Waals surface area contributed by atoms with Gasteiger partial charge in [0.2, 0.25) is 6.20 Å². The van der Waals surface area contributed by atoms with Crippen molar-refractivity contribution in [2.75, 3.05) is 0 Å².